The Morgan fingerprint density at radius 3 is 2.02 bits per heavy atom. The van der Waals surface area contributed by atoms with Crippen molar-refractivity contribution in [1.82, 2.24) is 16.0 Å². The van der Waals surface area contributed by atoms with Crippen LogP contribution in [-0.2, 0) is 30.5 Å². The summed E-state index contributed by atoms with van der Waals surface area (Å²) in [5.74, 6) is -1.68. The summed E-state index contributed by atoms with van der Waals surface area (Å²) in [5.41, 5.74) is 5.74. The van der Waals surface area contributed by atoms with Gasteiger partial charge in [0.2, 0.25) is 17.7 Å². The van der Waals surface area contributed by atoms with Crippen LogP contribution in [0.1, 0.15) is 86.6 Å². The summed E-state index contributed by atoms with van der Waals surface area (Å²) in [4.78, 5) is 62.1. The number of carbonyl (C=O) groups excluding carboxylic acids is 5. The van der Waals surface area contributed by atoms with Gasteiger partial charge in [-0.05, 0) is 69.1 Å². The molecule has 0 aliphatic heterocycles. The third-order valence-electron chi connectivity index (χ3n) is 6.17. The van der Waals surface area contributed by atoms with Crippen LogP contribution in [0.4, 0.5) is 10.5 Å². The molecule has 0 unspecified atom stereocenters. The van der Waals surface area contributed by atoms with Gasteiger partial charge in [-0.25, -0.2) is 4.79 Å². The molecule has 1 rings (SSSR count). The van der Waals surface area contributed by atoms with Crippen molar-refractivity contribution in [3.8, 4) is 0 Å². The summed E-state index contributed by atoms with van der Waals surface area (Å²) in [7, 11) is 0. The van der Waals surface area contributed by atoms with Crippen LogP contribution in [0.2, 0.25) is 0 Å². The predicted octanol–water partition coefficient (Wildman–Crippen LogP) is 3.61. The summed E-state index contributed by atoms with van der Waals surface area (Å²) >= 11 is 0. The van der Waals surface area contributed by atoms with Crippen molar-refractivity contribution >= 4 is 35.4 Å². The third kappa shape index (κ3) is 14.5. The molecular formula is C30H49N5O6. The number of esters is 1. The van der Waals surface area contributed by atoms with Crippen LogP contribution in [0.5, 0.6) is 0 Å². The second-order valence-corrected chi connectivity index (χ2v) is 12.9. The number of hydrogen-bond acceptors (Lipinski definition) is 6. The summed E-state index contributed by atoms with van der Waals surface area (Å²) in [6, 6.07) is 4.39. The molecule has 230 valence electrons. The molecule has 0 aromatic heterocycles. The van der Waals surface area contributed by atoms with Gasteiger partial charge in [-0.15, -0.1) is 0 Å². The minimum Gasteiger partial charge on any atom is -0.460 e. The van der Waals surface area contributed by atoms with Gasteiger partial charge in [0.25, 0.3) is 0 Å². The van der Waals surface area contributed by atoms with Crippen molar-refractivity contribution < 1.29 is 28.7 Å². The van der Waals surface area contributed by atoms with E-state index in [1.54, 1.807) is 45.0 Å². The van der Waals surface area contributed by atoms with E-state index >= 15 is 0 Å². The molecule has 0 fully saturated rings. The van der Waals surface area contributed by atoms with Crippen molar-refractivity contribution in [2.45, 2.75) is 99.8 Å². The molecule has 2 atom stereocenters. The highest BCUT2D eigenvalue weighted by Gasteiger charge is 2.29. The molecule has 0 aliphatic rings. The first-order valence-electron chi connectivity index (χ1n) is 14.1. The number of anilines is 1. The van der Waals surface area contributed by atoms with E-state index in [4.69, 9.17) is 10.5 Å². The molecule has 1 aromatic rings. The standard InChI is InChI=1S/C30H49N5O6/c1-19(2)24(35-23(36)15-16-29(3,4)5)26(38)34-22(10-9-17-32-28(31)40)25(37)33-21-13-11-20(12-14-21)18-41-27(39)30(6,7)8/h11-14,19,22,24H,9-10,15-18H2,1-8H3,(H,33,37)(H,34,38)(H,35,36)(H3,31,32,40)/t22-,24-/m0/s1. The van der Waals surface area contributed by atoms with Crippen LogP contribution in [-0.4, -0.2) is 48.4 Å². The average Bonchev–Trinajstić information content (AvgIpc) is 2.85. The lowest BCUT2D eigenvalue weighted by Crippen LogP contribution is -2.54. The first-order chi connectivity index (χ1) is 18.9. The van der Waals surface area contributed by atoms with Crippen LogP contribution in [0.3, 0.4) is 0 Å². The van der Waals surface area contributed by atoms with Gasteiger partial charge in [0.15, 0.2) is 0 Å². The Labute approximate surface area is 244 Å². The van der Waals surface area contributed by atoms with E-state index in [9.17, 15) is 24.0 Å². The van der Waals surface area contributed by atoms with Gasteiger partial charge in [0.05, 0.1) is 5.41 Å². The largest absolute Gasteiger partial charge is 0.460 e. The van der Waals surface area contributed by atoms with Crippen LogP contribution < -0.4 is 27.0 Å². The smallest absolute Gasteiger partial charge is 0.312 e. The first-order valence-corrected chi connectivity index (χ1v) is 14.1. The maximum atomic E-state index is 13.2. The number of rotatable bonds is 14. The Morgan fingerprint density at radius 2 is 1.51 bits per heavy atom. The lowest BCUT2D eigenvalue weighted by Gasteiger charge is -2.26. The monoisotopic (exact) mass is 575 g/mol. The van der Waals surface area contributed by atoms with Gasteiger partial charge in [0.1, 0.15) is 18.7 Å². The minimum atomic E-state index is -0.933. The zero-order valence-corrected chi connectivity index (χ0v) is 25.8. The predicted molar refractivity (Wildman–Crippen MR) is 159 cm³/mol. The van der Waals surface area contributed by atoms with Crippen LogP contribution in [0.15, 0.2) is 24.3 Å². The first kappa shape index (κ1) is 35.4. The average molecular weight is 576 g/mol. The van der Waals surface area contributed by atoms with Crippen molar-refractivity contribution in [3.63, 3.8) is 0 Å². The summed E-state index contributed by atoms with van der Waals surface area (Å²) in [6.45, 7) is 15.4. The molecule has 5 amide bonds. The molecule has 0 bridgehead atoms. The Balaban J connectivity index is 2.92. The lowest BCUT2D eigenvalue weighted by atomic mass is 9.90. The zero-order valence-electron chi connectivity index (χ0n) is 25.8. The number of carbonyl (C=O) groups is 5. The van der Waals surface area contributed by atoms with E-state index in [-0.39, 0.29) is 49.2 Å². The maximum Gasteiger partial charge on any atom is 0.312 e. The highest BCUT2D eigenvalue weighted by molar-refractivity contribution is 5.98. The van der Waals surface area contributed by atoms with Crippen LogP contribution in [0, 0.1) is 16.7 Å². The third-order valence-corrected chi connectivity index (χ3v) is 6.17. The van der Waals surface area contributed by atoms with Crippen LogP contribution >= 0.6 is 0 Å². The zero-order chi connectivity index (χ0) is 31.4. The Hall–Kier alpha value is -3.63. The van der Waals surface area contributed by atoms with Crippen molar-refractivity contribution in [2.24, 2.45) is 22.5 Å². The summed E-state index contributed by atoms with van der Waals surface area (Å²) < 4.78 is 5.33. The number of benzene rings is 1. The molecule has 0 radical (unpaired) electrons. The fourth-order valence-corrected chi connectivity index (χ4v) is 3.60. The lowest BCUT2D eigenvalue weighted by molar-refractivity contribution is -0.154. The number of hydrogen-bond donors (Lipinski definition) is 5. The minimum absolute atomic E-state index is 0.0237. The number of ether oxygens (including phenoxy) is 1. The number of nitrogens with two attached hydrogens (primary N) is 1. The van der Waals surface area contributed by atoms with Gasteiger partial charge in [-0.2, -0.15) is 0 Å². The fraction of sp³-hybridized carbons (Fsp3) is 0.633. The second-order valence-electron chi connectivity index (χ2n) is 12.9. The molecule has 11 nitrogen and oxygen atoms in total. The van der Waals surface area contributed by atoms with E-state index < -0.39 is 35.3 Å². The molecule has 11 heteroatoms. The maximum absolute atomic E-state index is 13.2. The Kier molecular flexibility index (Phi) is 13.8. The molecule has 1 aromatic carbocycles. The SMILES string of the molecule is CC(C)[C@H](NC(=O)CCC(C)(C)C)C(=O)N[C@@H](CCCNC(N)=O)C(=O)Nc1ccc(COC(=O)C(C)(C)C)cc1. The number of urea groups is 1. The van der Waals surface area contributed by atoms with Crippen molar-refractivity contribution in [3.05, 3.63) is 29.8 Å². The fourth-order valence-electron chi connectivity index (χ4n) is 3.60. The van der Waals surface area contributed by atoms with Gasteiger partial charge in [-0.1, -0.05) is 46.8 Å². The normalized spacial score (nSPS) is 13.1. The van der Waals surface area contributed by atoms with E-state index in [2.05, 4.69) is 21.3 Å². The van der Waals surface area contributed by atoms with E-state index in [1.807, 2.05) is 34.6 Å². The quantitative estimate of drug-likeness (QED) is 0.168. The number of primary amides is 1. The molecule has 0 saturated carbocycles. The van der Waals surface area contributed by atoms with E-state index in [1.165, 1.54) is 0 Å². The highest BCUT2D eigenvalue weighted by Crippen LogP contribution is 2.21. The van der Waals surface area contributed by atoms with E-state index in [0.29, 0.717) is 18.5 Å². The summed E-state index contributed by atoms with van der Waals surface area (Å²) in [6.07, 6.45) is 1.56. The Morgan fingerprint density at radius 1 is 0.902 bits per heavy atom. The topological polar surface area (TPSA) is 169 Å². The molecule has 0 spiro atoms. The van der Waals surface area contributed by atoms with E-state index in [0.717, 1.165) is 5.56 Å². The number of amides is 5. The van der Waals surface area contributed by atoms with Gasteiger partial charge >= 0.3 is 12.0 Å². The van der Waals surface area contributed by atoms with Crippen LogP contribution in [0.25, 0.3) is 0 Å². The van der Waals surface area contributed by atoms with Crippen molar-refractivity contribution in [1.29, 1.82) is 0 Å². The second kappa shape index (κ2) is 16.0. The summed E-state index contributed by atoms with van der Waals surface area (Å²) in [5, 5.41) is 10.9. The number of nitrogens with one attached hydrogen (secondary N) is 4. The van der Waals surface area contributed by atoms with Gasteiger partial charge < -0.3 is 31.7 Å². The van der Waals surface area contributed by atoms with Crippen molar-refractivity contribution in [2.75, 3.05) is 11.9 Å². The molecule has 6 N–H and O–H groups in total. The molecule has 0 aliphatic carbocycles. The molecule has 0 heterocycles. The highest BCUT2D eigenvalue weighted by atomic mass is 16.5. The Bertz CT molecular complexity index is 1040. The molecule has 0 saturated heterocycles. The van der Waals surface area contributed by atoms with Gasteiger partial charge in [0, 0.05) is 18.7 Å². The molecule has 41 heavy (non-hydrogen) atoms. The van der Waals surface area contributed by atoms with Gasteiger partial charge in [-0.3, -0.25) is 19.2 Å². The molecular weight excluding hydrogens is 526 g/mol.